The summed E-state index contributed by atoms with van der Waals surface area (Å²) in [5, 5.41) is 3.63. The van der Waals surface area contributed by atoms with Crippen LogP contribution >= 0.6 is 23.2 Å². The quantitative estimate of drug-likeness (QED) is 0.291. The molecule has 0 spiro atoms. The molecule has 214 valence electrons. The summed E-state index contributed by atoms with van der Waals surface area (Å²) < 4.78 is 28.8. The molecule has 0 fully saturated rings. The molecule has 0 aliphatic carbocycles. The molecule has 0 radical (unpaired) electrons. The van der Waals surface area contributed by atoms with Gasteiger partial charge in [-0.15, -0.1) is 0 Å². The van der Waals surface area contributed by atoms with Crippen LogP contribution in [0, 0.1) is 19.8 Å². The zero-order valence-electron chi connectivity index (χ0n) is 23.3. The van der Waals surface area contributed by atoms with E-state index < -0.39 is 28.5 Å². The first kappa shape index (κ1) is 31.5. The highest BCUT2D eigenvalue weighted by molar-refractivity contribution is 7.92. The van der Waals surface area contributed by atoms with Crippen LogP contribution < -0.4 is 9.62 Å². The van der Waals surface area contributed by atoms with Crippen molar-refractivity contribution in [2.45, 2.75) is 52.1 Å². The number of anilines is 1. The van der Waals surface area contributed by atoms with E-state index in [2.05, 4.69) is 5.32 Å². The molecule has 40 heavy (non-hydrogen) atoms. The number of aryl methyl sites for hydroxylation is 2. The van der Waals surface area contributed by atoms with Crippen molar-refractivity contribution in [1.29, 1.82) is 0 Å². The van der Waals surface area contributed by atoms with Crippen LogP contribution in [0.25, 0.3) is 0 Å². The zero-order valence-corrected chi connectivity index (χ0v) is 25.6. The van der Waals surface area contributed by atoms with E-state index in [0.29, 0.717) is 27.8 Å². The van der Waals surface area contributed by atoms with Gasteiger partial charge in [0, 0.05) is 23.1 Å². The molecule has 0 aliphatic heterocycles. The molecular formula is C30H35Cl2N3O4S. The molecule has 1 atom stereocenters. The normalized spacial score (nSPS) is 12.2. The number of nitrogens with one attached hydrogen (secondary N) is 1. The Hall–Kier alpha value is -3.07. The summed E-state index contributed by atoms with van der Waals surface area (Å²) in [5.41, 5.74) is 2.79. The van der Waals surface area contributed by atoms with Gasteiger partial charge in [0.2, 0.25) is 11.8 Å². The Morgan fingerprint density at radius 2 is 1.57 bits per heavy atom. The molecule has 3 aromatic carbocycles. The maximum atomic E-state index is 14.0. The summed E-state index contributed by atoms with van der Waals surface area (Å²) in [4.78, 5) is 28.5. The Morgan fingerprint density at radius 3 is 2.17 bits per heavy atom. The van der Waals surface area contributed by atoms with Crippen molar-refractivity contribution in [3.05, 3.63) is 93.5 Å². The molecule has 0 aromatic heterocycles. The third-order valence-electron chi connectivity index (χ3n) is 6.60. The Kier molecular flexibility index (Phi) is 10.6. The molecule has 7 nitrogen and oxygen atoms in total. The van der Waals surface area contributed by atoms with E-state index in [1.54, 1.807) is 55.5 Å². The van der Waals surface area contributed by atoms with Crippen LogP contribution in [0.3, 0.4) is 0 Å². The van der Waals surface area contributed by atoms with Gasteiger partial charge in [-0.3, -0.25) is 13.9 Å². The van der Waals surface area contributed by atoms with Gasteiger partial charge in [-0.2, -0.15) is 0 Å². The number of halogens is 2. The third kappa shape index (κ3) is 7.77. The van der Waals surface area contributed by atoms with Crippen molar-refractivity contribution in [2.24, 2.45) is 5.92 Å². The average Bonchev–Trinajstić information content (AvgIpc) is 2.91. The zero-order chi connectivity index (χ0) is 29.6. The maximum Gasteiger partial charge on any atom is 0.264 e. The lowest BCUT2D eigenvalue weighted by molar-refractivity contribution is -0.139. The smallest absolute Gasteiger partial charge is 0.264 e. The molecule has 0 saturated carbocycles. The fourth-order valence-corrected chi connectivity index (χ4v) is 5.89. The van der Waals surface area contributed by atoms with Crippen LogP contribution in [0.4, 0.5) is 5.69 Å². The fraction of sp³-hybridized carbons (Fsp3) is 0.333. The van der Waals surface area contributed by atoms with Crippen molar-refractivity contribution >= 4 is 50.7 Å². The van der Waals surface area contributed by atoms with E-state index in [9.17, 15) is 18.0 Å². The molecule has 0 heterocycles. The first-order valence-corrected chi connectivity index (χ1v) is 15.2. The van der Waals surface area contributed by atoms with Gasteiger partial charge in [0.05, 0.1) is 10.6 Å². The second kappa shape index (κ2) is 13.5. The lowest BCUT2D eigenvalue weighted by Crippen LogP contribution is -2.51. The average molecular weight is 605 g/mol. The summed E-state index contributed by atoms with van der Waals surface area (Å²) >= 11 is 12.5. The number of rotatable bonds is 11. The lowest BCUT2D eigenvalue weighted by Gasteiger charge is -2.32. The predicted octanol–water partition coefficient (Wildman–Crippen LogP) is 6.00. The van der Waals surface area contributed by atoms with Crippen molar-refractivity contribution < 1.29 is 18.0 Å². The Morgan fingerprint density at radius 1 is 0.900 bits per heavy atom. The van der Waals surface area contributed by atoms with E-state index >= 15 is 0 Å². The first-order valence-electron chi connectivity index (χ1n) is 13.0. The van der Waals surface area contributed by atoms with Crippen molar-refractivity contribution in [3.63, 3.8) is 0 Å². The van der Waals surface area contributed by atoms with Gasteiger partial charge in [-0.25, -0.2) is 8.42 Å². The molecule has 3 rings (SSSR count). The summed E-state index contributed by atoms with van der Waals surface area (Å²) in [7, 11) is -4.12. The maximum absolute atomic E-state index is 14.0. The largest absolute Gasteiger partial charge is 0.354 e. The molecular weight excluding hydrogens is 569 g/mol. The number of hydrogen-bond donors (Lipinski definition) is 1. The fourth-order valence-electron chi connectivity index (χ4n) is 4.00. The number of amides is 2. The molecule has 0 saturated heterocycles. The Labute approximate surface area is 247 Å². The minimum atomic E-state index is -4.12. The summed E-state index contributed by atoms with van der Waals surface area (Å²) in [6, 6.07) is 17.2. The van der Waals surface area contributed by atoms with Gasteiger partial charge in [-0.1, -0.05) is 67.4 Å². The molecule has 0 aliphatic rings. The topological polar surface area (TPSA) is 86.8 Å². The van der Waals surface area contributed by atoms with E-state index in [1.807, 2.05) is 33.8 Å². The molecule has 0 bridgehead atoms. The highest BCUT2D eigenvalue weighted by Crippen LogP contribution is 2.27. The SMILES string of the molecule is Cc1ccc(N(CC(=O)N(Cc2ccc(Cl)cc2Cl)C(C)C(=O)NCC(C)C)S(=O)(=O)c2ccccc2)cc1C. The number of benzene rings is 3. The second-order valence-electron chi connectivity index (χ2n) is 10.2. The van der Waals surface area contributed by atoms with E-state index in [4.69, 9.17) is 23.2 Å². The molecule has 10 heteroatoms. The van der Waals surface area contributed by atoms with Gasteiger partial charge >= 0.3 is 0 Å². The highest BCUT2D eigenvalue weighted by Gasteiger charge is 2.33. The van der Waals surface area contributed by atoms with Gasteiger partial charge in [0.15, 0.2) is 0 Å². The van der Waals surface area contributed by atoms with E-state index in [0.717, 1.165) is 15.4 Å². The summed E-state index contributed by atoms with van der Waals surface area (Å²) in [5.74, 6) is -0.700. The monoisotopic (exact) mass is 603 g/mol. The minimum absolute atomic E-state index is 0.0166. The second-order valence-corrected chi connectivity index (χ2v) is 12.9. The predicted molar refractivity (Wildman–Crippen MR) is 161 cm³/mol. The molecule has 2 amide bonds. The summed E-state index contributed by atoms with van der Waals surface area (Å²) in [6.45, 7) is 9.26. The highest BCUT2D eigenvalue weighted by atomic mass is 35.5. The van der Waals surface area contributed by atoms with Gasteiger partial charge in [0.25, 0.3) is 10.0 Å². The lowest BCUT2D eigenvalue weighted by atomic mass is 10.1. The van der Waals surface area contributed by atoms with Crippen molar-refractivity contribution in [2.75, 3.05) is 17.4 Å². The number of nitrogens with zero attached hydrogens (tertiary/aromatic N) is 2. The Balaban J connectivity index is 2.05. The number of hydrogen-bond acceptors (Lipinski definition) is 4. The van der Waals surface area contributed by atoms with Gasteiger partial charge in [0.1, 0.15) is 12.6 Å². The van der Waals surface area contributed by atoms with Crippen LogP contribution in [-0.4, -0.2) is 44.3 Å². The molecule has 1 N–H and O–H groups in total. The van der Waals surface area contributed by atoms with Crippen LogP contribution in [-0.2, 0) is 26.2 Å². The minimum Gasteiger partial charge on any atom is -0.354 e. The number of sulfonamides is 1. The molecule has 3 aromatic rings. The molecule has 1 unspecified atom stereocenters. The van der Waals surface area contributed by atoms with Crippen molar-refractivity contribution in [3.8, 4) is 0 Å². The first-order chi connectivity index (χ1) is 18.8. The summed E-state index contributed by atoms with van der Waals surface area (Å²) in [6.07, 6.45) is 0. The standard InChI is InChI=1S/C30H35Cl2N3O4S/c1-20(2)17-33-30(37)23(5)34(18-24-12-13-25(31)16-28(24)32)29(36)19-35(26-14-11-21(3)22(4)15-26)40(38,39)27-9-7-6-8-10-27/h6-16,20,23H,17-19H2,1-5H3,(H,33,37). The van der Waals surface area contributed by atoms with E-state index in [1.165, 1.54) is 17.0 Å². The Bertz CT molecular complexity index is 1460. The van der Waals surface area contributed by atoms with Gasteiger partial charge < -0.3 is 10.2 Å². The van der Waals surface area contributed by atoms with E-state index in [-0.39, 0.29) is 23.3 Å². The third-order valence-corrected chi connectivity index (χ3v) is 8.97. The van der Waals surface area contributed by atoms with Crippen LogP contribution in [0.1, 0.15) is 37.5 Å². The van der Waals surface area contributed by atoms with Crippen molar-refractivity contribution in [1.82, 2.24) is 10.2 Å². The number of carbonyl (C=O) groups is 2. The van der Waals surface area contributed by atoms with Crippen LogP contribution in [0.15, 0.2) is 71.6 Å². The number of carbonyl (C=O) groups excluding carboxylic acids is 2. The van der Waals surface area contributed by atoms with Gasteiger partial charge in [-0.05, 0) is 79.8 Å². The van der Waals surface area contributed by atoms with Crippen LogP contribution in [0.2, 0.25) is 10.0 Å². The van der Waals surface area contributed by atoms with Crippen LogP contribution in [0.5, 0.6) is 0 Å².